The highest BCUT2D eigenvalue weighted by molar-refractivity contribution is 14.1. The van der Waals surface area contributed by atoms with E-state index in [1.165, 1.54) is 0 Å². The predicted molar refractivity (Wildman–Crippen MR) is 63.6 cm³/mol. The third-order valence-corrected chi connectivity index (χ3v) is 3.31. The van der Waals surface area contributed by atoms with Crippen LogP contribution < -0.4 is 4.74 Å². The lowest BCUT2D eigenvalue weighted by molar-refractivity contribution is 0.108. The monoisotopic (exact) mass is 374 g/mol. The van der Waals surface area contributed by atoms with Crippen LogP contribution in [0.3, 0.4) is 0 Å². The Morgan fingerprint density at radius 1 is 1.62 bits per heavy atom. The molecule has 2 nitrogen and oxygen atoms in total. The molecule has 13 heavy (non-hydrogen) atoms. The summed E-state index contributed by atoms with van der Waals surface area (Å²) >= 11 is 10.7. The lowest BCUT2D eigenvalue weighted by Gasteiger charge is -2.07. The van der Waals surface area contributed by atoms with Gasteiger partial charge in [0.15, 0.2) is 0 Å². The molecule has 70 valence electrons. The van der Waals surface area contributed by atoms with Crippen LogP contribution in [0.4, 0.5) is 0 Å². The quantitative estimate of drug-likeness (QED) is 0.585. The van der Waals surface area contributed by atoms with Gasteiger partial charge in [-0.1, -0.05) is 0 Å². The molecule has 1 rings (SSSR count). The van der Waals surface area contributed by atoms with Crippen LogP contribution in [0, 0.1) is 3.57 Å². The molecule has 0 spiro atoms. The third kappa shape index (κ3) is 2.35. The number of ether oxygens (including phenoxy) is 1. The lowest BCUT2D eigenvalue weighted by atomic mass is 10.2. The molecule has 1 aromatic rings. The van der Waals surface area contributed by atoms with E-state index < -0.39 is 5.24 Å². The molecule has 0 unspecified atom stereocenters. The van der Waals surface area contributed by atoms with E-state index >= 15 is 0 Å². The maximum absolute atomic E-state index is 10.9. The van der Waals surface area contributed by atoms with Gasteiger partial charge in [0.1, 0.15) is 5.75 Å². The molecule has 0 saturated carbocycles. The largest absolute Gasteiger partial charge is 0.494 e. The smallest absolute Gasteiger partial charge is 0.253 e. The zero-order valence-electron chi connectivity index (χ0n) is 6.61. The minimum absolute atomic E-state index is 0.416. The van der Waals surface area contributed by atoms with Crippen molar-refractivity contribution in [1.82, 2.24) is 0 Å². The summed E-state index contributed by atoms with van der Waals surface area (Å²) in [4.78, 5) is 10.9. The number of hydrogen-bond donors (Lipinski definition) is 0. The fourth-order valence-electron chi connectivity index (χ4n) is 0.871. The maximum atomic E-state index is 10.9. The Balaban J connectivity index is 3.35. The minimum atomic E-state index is -0.499. The van der Waals surface area contributed by atoms with Gasteiger partial charge in [0, 0.05) is 0 Å². The summed E-state index contributed by atoms with van der Waals surface area (Å²) in [5.74, 6) is 0.632. The first-order valence-electron chi connectivity index (χ1n) is 3.29. The highest BCUT2D eigenvalue weighted by Gasteiger charge is 2.13. The van der Waals surface area contributed by atoms with E-state index in [9.17, 15) is 4.79 Å². The van der Waals surface area contributed by atoms with Crippen LogP contribution >= 0.6 is 50.1 Å². The van der Waals surface area contributed by atoms with Crippen molar-refractivity contribution in [3.63, 3.8) is 0 Å². The van der Waals surface area contributed by atoms with Crippen molar-refractivity contribution in [3.05, 3.63) is 25.7 Å². The highest BCUT2D eigenvalue weighted by atomic mass is 127. The van der Waals surface area contributed by atoms with Gasteiger partial charge in [0.25, 0.3) is 5.24 Å². The summed E-state index contributed by atoms with van der Waals surface area (Å²) in [7, 11) is 1.55. The van der Waals surface area contributed by atoms with Gasteiger partial charge < -0.3 is 4.74 Å². The van der Waals surface area contributed by atoms with Crippen LogP contribution in [0.1, 0.15) is 10.4 Å². The van der Waals surface area contributed by atoms with Crippen molar-refractivity contribution in [2.45, 2.75) is 0 Å². The Hall–Kier alpha value is 0.190. The molecular formula is C8H5BrClIO2. The van der Waals surface area contributed by atoms with Crippen LogP contribution in [0.5, 0.6) is 5.75 Å². The van der Waals surface area contributed by atoms with Gasteiger partial charge in [-0.3, -0.25) is 4.79 Å². The van der Waals surface area contributed by atoms with Gasteiger partial charge in [-0.25, -0.2) is 0 Å². The topological polar surface area (TPSA) is 26.3 Å². The number of carbonyl (C=O) groups is 1. The van der Waals surface area contributed by atoms with Crippen molar-refractivity contribution in [2.24, 2.45) is 0 Å². The van der Waals surface area contributed by atoms with Gasteiger partial charge in [0.2, 0.25) is 0 Å². The number of carbonyl (C=O) groups excluding carboxylic acids is 1. The number of rotatable bonds is 2. The first-order chi connectivity index (χ1) is 6.07. The second kappa shape index (κ2) is 4.61. The molecule has 0 saturated heterocycles. The minimum Gasteiger partial charge on any atom is -0.494 e. The second-order valence-corrected chi connectivity index (χ2v) is 4.51. The molecule has 5 heteroatoms. The molecule has 1 aromatic carbocycles. The molecule has 0 radical (unpaired) electrons. The van der Waals surface area contributed by atoms with Crippen molar-refractivity contribution in [1.29, 1.82) is 0 Å². The molecule has 0 atom stereocenters. The SMILES string of the molecule is COc1c(I)ccc(C(=O)Cl)c1Br. The Kier molecular flexibility index (Phi) is 4.00. The van der Waals surface area contributed by atoms with Gasteiger partial charge >= 0.3 is 0 Å². The predicted octanol–water partition coefficient (Wildman–Crippen LogP) is 3.44. The van der Waals surface area contributed by atoms with Crippen LogP contribution in [0.15, 0.2) is 16.6 Å². The third-order valence-electron chi connectivity index (χ3n) is 1.46. The second-order valence-electron chi connectivity index (χ2n) is 2.22. The Labute approximate surface area is 103 Å². The first-order valence-corrected chi connectivity index (χ1v) is 5.54. The van der Waals surface area contributed by atoms with Crippen LogP contribution in [-0.2, 0) is 0 Å². The van der Waals surface area contributed by atoms with E-state index in [2.05, 4.69) is 38.5 Å². The van der Waals surface area contributed by atoms with E-state index in [-0.39, 0.29) is 0 Å². The maximum Gasteiger partial charge on any atom is 0.253 e. The van der Waals surface area contributed by atoms with Crippen LogP contribution in [0.25, 0.3) is 0 Å². The van der Waals surface area contributed by atoms with Gasteiger partial charge in [-0.05, 0) is 62.3 Å². The average molecular weight is 375 g/mol. The van der Waals surface area contributed by atoms with Crippen LogP contribution in [-0.4, -0.2) is 12.4 Å². The number of benzene rings is 1. The Morgan fingerprint density at radius 2 is 2.23 bits per heavy atom. The summed E-state index contributed by atoms with van der Waals surface area (Å²) in [6, 6.07) is 3.43. The Morgan fingerprint density at radius 3 is 2.69 bits per heavy atom. The zero-order chi connectivity index (χ0) is 10.0. The number of methoxy groups -OCH3 is 1. The summed E-state index contributed by atoms with van der Waals surface area (Å²) in [5, 5.41) is -0.499. The molecule has 0 bridgehead atoms. The molecule has 0 heterocycles. The number of hydrogen-bond acceptors (Lipinski definition) is 2. The van der Waals surface area contributed by atoms with Gasteiger partial charge in [0.05, 0.1) is 20.7 Å². The van der Waals surface area contributed by atoms with E-state index in [1.807, 2.05) is 0 Å². The van der Waals surface area contributed by atoms with Crippen LogP contribution in [0.2, 0.25) is 0 Å². The normalized spacial score (nSPS) is 9.85. The molecule has 0 aliphatic carbocycles. The fraction of sp³-hybridized carbons (Fsp3) is 0.125. The molecule has 0 amide bonds. The molecule has 0 aliphatic heterocycles. The molecule has 0 aliphatic rings. The molecule has 0 aromatic heterocycles. The number of halogens is 3. The summed E-state index contributed by atoms with van der Waals surface area (Å²) in [6.07, 6.45) is 0. The summed E-state index contributed by atoms with van der Waals surface area (Å²) in [5.41, 5.74) is 0.416. The summed E-state index contributed by atoms with van der Waals surface area (Å²) < 4.78 is 6.62. The summed E-state index contributed by atoms with van der Waals surface area (Å²) in [6.45, 7) is 0. The molecular weight excluding hydrogens is 370 g/mol. The van der Waals surface area contributed by atoms with E-state index in [0.717, 1.165) is 3.57 Å². The first kappa shape index (κ1) is 11.3. The zero-order valence-corrected chi connectivity index (χ0v) is 11.1. The average Bonchev–Trinajstić information content (AvgIpc) is 2.04. The van der Waals surface area contributed by atoms with Crippen molar-refractivity contribution >= 4 is 55.4 Å². The highest BCUT2D eigenvalue weighted by Crippen LogP contribution is 2.33. The van der Waals surface area contributed by atoms with Gasteiger partial charge in [-0.15, -0.1) is 0 Å². The molecule has 0 fully saturated rings. The van der Waals surface area contributed by atoms with E-state index in [1.54, 1.807) is 19.2 Å². The van der Waals surface area contributed by atoms with Crippen molar-refractivity contribution in [2.75, 3.05) is 7.11 Å². The molecule has 0 N–H and O–H groups in total. The standard InChI is InChI=1S/C8H5BrClIO2/c1-13-7-5(11)3-2-4(6(7)9)8(10)12/h2-3H,1H3. The lowest BCUT2D eigenvalue weighted by Crippen LogP contribution is -1.96. The fourth-order valence-corrected chi connectivity index (χ4v) is 2.87. The van der Waals surface area contributed by atoms with Crippen molar-refractivity contribution in [3.8, 4) is 5.75 Å². The van der Waals surface area contributed by atoms with Crippen molar-refractivity contribution < 1.29 is 9.53 Å². The van der Waals surface area contributed by atoms with E-state index in [0.29, 0.717) is 15.8 Å². The van der Waals surface area contributed by atoms with Gasteiger partial charge in [-0.2, -0.15) is 0 Å². The Bertz CT molecular complexity index is 354. The van der Waals surface area contributed by atoms with E-state index in [4.69, 9.17) is 16.3 Å².